The van der Waals surface area contributed by atoms with E-state index in [9.17, 15) is 0 Å². The Hall–Kier alpha value is 0.217. The maximum Gasteiger partial charge on any atom is 0.0274 e. The quantitative estimate of drug-likeness (QED) is 0.413. The minimum Gasteiger partial charge on any atom is -0.0724 e. The molecule has 0 spiro atoms. The van der Waals surface area contributed by atoms with E-state index < -0.39 is 0 Å². The smallest absolute Gasteiger partial charge is 0.0274 e. The van der Waals surface area contributed by atoms with Crippen LogP contribution in [0.3, 0.4) is 0 Å². The Balaban J connectivity index is 0. The first-order valence-electron chi connectivity index (χ1n) is 2.73. The number of hydrogen-bond acceptors (Lipinski definition) is 0. The van der Waals surface area contributed by atoms with Crippen LogP contribution in [-0.4, -0.2) is 8.80 Å². The van der Waals surface area contributed by atoms with Crippen molar-refractivity contribution in [3.05, 3.63) is 0 Å². The number of rotatable bonds is 0. The van der Waals surface area contributed by atoms with Gasteiger partial charge in [0.25, 0.3) is 0 Å². The second-order valence-corrected chi connectivity index (χ2v) is 5.20. The van der Waals surface area contributed by atoms with Crippen molar-refractivity contribution in [2.75, 3.05) is 0 Å². The molecule has 0 nitrogen and oxygen atoms in total. The lowest BCUT2D eigenvalue weighted by Crippen LogP contribution is -1.84. The molecule has 0 bridgehead atoms. The van der Waals surface area contributed by atoms with Gasteiger partial charge in [-0.25, -0.2) is 0 Å². The fourth-order valence-corrected chi connectivity index (χ4v) is 0. The molecule has 0 radical (unpaired) electrons. The normalized spacial score (nSPS) is 7.00. The minimum atomic E-state index is -0.139. The molecule has 0 saturated heterocycles. The van der Waals surface area contributed by atoms with E-state index in [0.717, 1.165) is 0 Å². The molecule has 6 heavy (non-hydrogen) atoms. The highest BCUT2D eigenvalue weighted by Gasteiger charge is 1.71. The highest BCUT2D eigenvalue weighted by Crippen LogP contribution is 1.68. The van der Waals surface area contributed by atoms with E-state index in [-0.39, 0.29) is 8.80 Å². The summed E-state index contributed by atoms with van der Waals surface area (Å²) >= 11 is 0. The molecule has 0 amide bonds. The molecule has 0 saturated carbocycles. The van der Waals surface area contributed by atoms with Crippen molar-refractivity contribution in [1.29, 1.82) is 0 Å². The molecule has 0 heterocycles. The summed E-state index contributed by atoms with van der Waals surface area (Å²) in [6, 6.07) is 0. The second-order valence-electron chi connectivity index (χ2n) is 1.73. The Bertz CT molecular complexity index is 8.66. The summed E-state index contributed by atoms with van der Waals surface area (Å²) in [5.41, 5.74) is 0. The van der Waals surface area contributed by atoms with Crippen molar-refractivity contribution in [2.45, 2.75) is 33.5 Å². The molecule has 1 heteroatoms. The van der Waals surface area contributed by atoms with Gasteiger partial charge in [-0.2, -0.15) is 0 Å². The van der Waals surface area contributed by atoms with Gasteiger partial charge in [0.1, 0.15) is 0 Å². The van der Waals surface area contributed by atoms with E-state index in [0.29, 0.717) is 0 Å². The first kappa shape index (κ1) is 9.52. The molecule has 0 aliphatic carbocycles. The molecule has 0 rings (SSSR count). The van der Waals surface area contributed by atoms with E-state index in [2.05, 4.69) is 19.6 Å². The molecule has 0 atom stereocenters. The Morgan fingerprint density at radius 1 is 0.833 bits per heavy atom. The SMILES string of the molecule is CC.C[SiH](C)C. The average molecular weight is 104 g/mol. The summed E-state index contributed by atoms with van der Waals surface area (Å²) in [6.07, 6.45) is 0. The van der Waals surface area contributed by atoms with E-state index >= 15 is 0 Å². The summed E-state index contributed by atoms with van der Waals surface area (Å²) in [4.78, 5) is 0. The molecule has 0 aliphatic heterocycles. The summed E-state index contributed by atoms with van der Waals surface area (Å²) in [7, 11) is -0.139. The number of hydrogen-bond donors (Lipinski definition) is 0. The zero-order chi connectivity index (χ0) is 5.58. The van der Waals surface area contributed by atoms with Crippen LogP contribution in [0, 0.1) is 0 Å². The molecule has 0 aromatic heterocycles. The second kappa shape index (κ2) is 8.96. The zero-order valence-electron chi connectivity index (χ0n) is 5.58. The van der Waals surface area contributed by atoms with E-state index in [1.165, 1.54) is 0 Å². The van der Waals surface area contributed by atoms with E-state index in [4.69, 9.17) is 0 Å². The standard InChI is InChI=1S/C3H10Si.C2H6/c1-4(2)3;1-2/h4H,1-3H3;1-2H3. The summed E-state index contributed by atoms with van der Waals surface area (Å²) in [5, 5.41) is 0. The Morgan fingerprint density at radius 3 is 0.833 bits per heavy atom. The van der Waals surface area contributed by atoms with Gasteiger partial charge in [0.05, 0.1) is 0 Å². The molecule has 0 aromatic rings. The Kier molecular flexibility index (Phi) is 14.2. The van der Waals surface area contributed by atoms with Crippen molar-refractivity contribution in [3.8, 4) is 0 Å². The lowest BCUT2D eigenvalue weighted by molar-refractivity contribution is 1.50. The van der Waals surface area contributed by atoms with Gasteiger partial charge in [0.15, 0.2) is 0 Å². The van der Waals surface area contributed by atoms with E-state index in [1.54, 1.807) is 0 Å². The summed E-state index contributed by atoms with van der Waals surface area (Å²) < 4.78 is 0. The Labute approximate surface area is 43.2 Å². The molecule has 40 valence electrons. The first-order valence-corrected chi connectivity index (χ1v) is 6.20. The maximum atomic E-state index is 2.31. The third-order valence-corrected chi connectivity index (χ3v) is 0. The largest absolute Gasteiger partial charge is 0.0724 e. The van der Waals surface area contributed by atoms with Gasteiger partial charge in [0.2, 0.25) is 0 Å². The summed E-state index contributed by atoms with van der Waals surface area (Å²) in [6.45, 7) is 10.9. The predicted octanol–water partition coefficient (Wildman–Crippen LogP) is 2.13. The van der Waals surface area contributed by atoms with Crippen LogP contribution in [0.1, 0.15) is 13.8 Å². The fraction of sp³-hybridized carbons (Fsp3) is 1.00. The monoisotopic (exact) mass is 104 g/mol. The molecular weight excluding hydrogens is 88.1 g/mol. The van der Waals surface area contributed by atoms with Crippen LogP contribution in [0.2, 0.25) is 19.6 Å². The van der Waals surface area contributed by atoms with Crippen LogP contribution in [0.4, 0.5) is 0 Å². The van der Waals surface area contributed by atoms with Crippen LogP contribution in [0.5, 0.6) is 0 Å². The van der Waals surface area contributed by atoms with Gasteiger partial charge in [-0.15, -0.1) is 0 Å². The van der Waals surface area contributed by atoms with Gasteiger partial charge in [-0.05, 0) is 0 Å². The minimum absolute atomic E-state index is 0.139. The van der Waals surface area contributed by atoms with Crippen LogP contribution < -0.4 is 0 Å². The Morgan fingerprint density at radius 2 is 0.833 bits per heavy atom. The van der Waals surface area contributed by atoms with Crippen LogP contribution in [0.25, 0.3) is 0 Å². The van der Waals surface area contributed by atoms with Crippen LogP contribution >= 0.6 is 0 Å². The molecule has 0 unspecified atom stereocenters. The molecule has 0 fully saturated rings. The zero-order valence-corrected chi connectivity index (χ0v) is 6.73. The molecule has 0 aliphatic rings. The average Bonchev–Trinajstić information content (AvgIpc) is 1.41. The summed E-state index contributed by atoms with van der Waals surface area (Å²) in [5.74, 6) is 0. The highest BCUT2D eigenvalue weighted by atomic mass is 28.3. The third kappa shape index (κ3) is 928. The third-order valence-electron chi connectivity index (χ3n) is 0. The van der Waals surface area contributed by atoms with Crippen molar-refractivity contribution < 1.29 is 0 Å². The van der Waals surface area contributed by atoms with E-state index in [1.807, 2.05) is 13.8 Å². The van der Waals surface area contributed by atoms with Crippen LogP contribution in [-0.2, 0) is 0 Å². The predicted molar refractivity (Wildman–Crippen MR) is 36.1 cm³/mol. The van der Waals surface area contributed by atoms with Crippen molar-refractivity contribution in [1.82, 2.24) is 0 Å². The van der Waals surface area contributed by atoms with Gasteiger partial charge in [-0.1, -0.05) is 33.5 Å². The lowest BCUT2D eigenvalue weighted by atomic mass is 11.0. The van der Waals surface area contributed by atoms with Gasteiger partial charge in [0, 0.05) is 8.80 Å². The topological polar surface area (TPSA) is 0 Å². The molecule has 0 aromatic carbocycles. The van der Waals surface area contributed by atoms with Gasteiger partial charge in [-0.3, -0.25) is 0 Å². The first-order chi connectivity index (χ1) is 2.73. The van der Waals surface area contributed by atoms with Gasteiger partial charge < -0.3 is 0 Å². The fourth-order valence-electron chi connectivity index (χ4n) is 0. The van der Waals surface area contributed by atoms with Crippen molar-refractivity contribution >= 4 is 8.80 Å². The maximum absolute atomic E-state index is 2.31. The molecule has 0 N–H and O–H groups in total. The van der Waals surface area contributed by atoms with Gasteiger partial charge >= 0.3 is 0 Å². The lowest BCUT2D eigenvalue weighted by Gasteiger charge is -1.75. The molecular formula is C5H16Si. The van der Waals surface area contributed by atoms with Crippen molar-refractivity contribution in [3.63, 3.8) is 0 Å². The van der Waals surface area contributed by atoms with Crippen molar-refractivity contribution in [2.24, 2.45) is 0 Å². The van der Waals surface area contributed by atoms with Crippen LogP contribution in [0.15, 0.2) is 0 Å². The highest BCUT2D eigenvalue weighted by molar-refractivity contribution is 6.54.